The van der Waals surface area contributed by atoms with Crippen LogP contribution in [0.3, 0.4) is 0 Å². The topological polar surface area (TPSA) is 25.8 Å². The van der Waals surface area contributed by atoms with Gasteiger partial charge in [-0.3, -0.25) is 0 Å². The molecular formula is C6Br4N2S2. The molecule has 0 unspecified atom stereocenters. The second-order valence-corrected chi connectivity index (χ2v) is 9.36. The van der Waals surface area contributed by atoms with Crippen molar-refractivity contribution >= 4 is 86.4 Å². The molecule has 2 aromatic rings. The molecule has 0 radical (unpaired) electrons. The highest BCUT2D eigenvalue weighted by Gasteiger charge is 2.16. The number of thiazole rings is 2. The van der Waals surface area contributed by atoms with Crippen molar-refractivity contribution in [3.63, 3.8) is 0 Å². The number of hydrogen-bond acceptors (Lipinski definition) is 4. The Kier molecular flexibility index (Phi) is 3.82. The summed E-state index contributed by atoms with van der Waals surface area (Å²) in [6.45, 7) is 0. The van der Waals surface area contributed by atoms with Crippen LogP contribution >= 0.6 is 86.4 Å². The predicted molar refractivity (Wildman–Crippen MR) is 74.0 cm³/mol. The molecule has 0 aliphatic rings. The van der Waals surface area contributed by atoms with Crippen molar-refractivity contribution < 1.29 is 0 Å². The molecule has 0 saturated heterocycles. The smallest absolute Gasteiger partial charge is 0.160 e. The summed E-state index contributed by atoms with van der Waals surface area (Å²) in [5.74, 6) is 0. The summed E-state index contributed by atoms with van der Waals surface area (Å²) < 4.78 is 3.64. The first-order valence-corrected chi connectivity index (χ1v) is 8.02. The zero-order valence-corrected chi connectivity index (χ0v) is 14.2. The first kappa shape index (κ1) is 11.7. The predicted octanol–water partition coefficient (Wildman–Crippen LogP) is 5.32. The highest BCUT2D eigenvalue weighted by molar-refractivity contribution is 9.12. The number of aromatic nitrogens is 2. The molecule has 0 aromatic carbocycles. The Hall–Kier alpha value is 1.18. The summed E-state index contributed by atoms with van der Waals surface area (Å²) in [5, 5.41) is 0. The van der Waals surface area contributed by atoms with Crippen LogP contribution in [0.15, 0.2) is 15.4 Å². The minimum Gasteiger partial charge on any atom is -0.226 e. The van der Waals surface area contributed by atoms with Crippen LogP contribution < -0.4 is 0 Å². The summed E-state index contributed by atoms with van der Waals surface area (Å²) in [5.41, 5.74) is 1.71. The Balaban J connectivity index is 2.59. The minimum absolute atomic E-state index is 0.843. The molecule has 0 amide bonds. The lowest BCUT2D eigenvalue weighted by molar-refractivity contribution is 1.28. The van der Waals surface area contributed by atoms with E-state index < -0.39 is 0 Å². The summed E-state index contributed by atoms with van der Waals surface area (Å²) in [4.78, 5) is 8.67. The number of hydrogen-bond donors (Lipinski definition) is 0. The summed E-state index contributed by atoms with van der Waals surface area (Å²) in [6, 6.07) is 0. The van der Waals surface area contributed by atoms with Crippen LogP contribution in [0.25, 0.3) is 11.4 Å². The van der Waals surface area contributed by atoms with Crippen LogP contribution in [0, 0.1) is 0 Å². The fourth-order valence-corrected chi connectivity index (χ4v) is 6.00. The molecule has 8 heteroatoms. The van der Waals surface area contributed by atoms with Gasteiger partial charge in [-0.05, 0) is 63.7 Å². The van der Waals surface area contributed by atoms with Gasteiger partial charge in [0.1, 0.15) is 19.0 Å². The maximum Gasteiger partial charge on any atom is 0.160 e. The normalized spacial score (nSPS) is 10.9. The molecule has 74 valence electrons. The molecule has 0 atom stereocenters. The van der Waals surface area contributed by atoms with Gasteiger partial charge in [0, 0.05) is 0 Å². The van der Waals surface area contributed by atoms with Gasteiger partial charge in [-0.25, -0.2) is 9.97 Å². The molecule has 0 bridgehead atoms. The van der Waals surface area contributed by atoms with Crippen molar-refractivity contribution in [1.29, 1.82) is 0 Å². The van der Waals surface area contributed by atoms with Gasteiger partial charge < -0.3 is 0 Å². The largest absolute Gasteiger partial charge is 0.226 e. The van der Waals surface area contributed by atoms with Gasteiger partial charge in [0.05, 0.1) is 0 Å². The molecule has 0 aliphatic heterocycles. The molecule has 2 nitrogen and oxygen atoms in total. The molecule has 0 aliphatic carbocycles. The molecule has 2 rings (SSSR count). The van der Waals surface area contributed by atoms with Crippen molar-refractivity contribution in [2.75, 3.05) is 0 Å². The Morgan fingerprint density at radius 1 is 0.714 bits per heavy atom. The summed E-state index contributed by atoms with van der Waals surface area (Å²) >= 11 is 16.6. The van der Waals surface area contributed by atoms with Crippen molar-refractivity contribution in [3.05, 3.63) is 15.4 Å². The molecular weight excluding hydrogens is 484 g/mol. The van der Waals surface area contributed by atoms with Crippen molar-refractivity contribution in [2.45, 2.75) is 0 Å². The van der Waals surface area contributed by atoms with E-state index in [9.17, 15) is 0 Å². The van der Waals surface area contributed by atoms with E-state index in [0.717, 1.165) is 26.8 Å². The van der Waals surface area contributed by atoms with Crippen molar-refractivity contribution in [3.8, 4) is 11.4 Å². The average molecular weight is 484 g/mol. The van der Waals surface area contributed by atoms with Gasteiger partial charge in [-0.1, -0.05) is 22.7 Å². The highest BCUT2D eigenvalue weighted by Crippen LogP contribution is 2.41. The standard InChI is InChI=1S/C6Br4N2S2/c7-3-1(11-5(9)13-3)2-4(8)14-6(10)12-2. The van der Waals surface area contributed by atoms with E-state index in [1.165, 1.54) is 22.7 Å². The molecule has 0 saturated carbocycles. The minimum atomic E-state index is 0.843. The highest BCUT2D eigenvalue weighted by atomic mass is 79.9. The van der Waals surface area contributed by atoms with E-state index in [1.54, 1.807) is 0 Å². The van der Waals surface area contributed by atoms with Crippen LogP contribution in [0.4, 0.5) is 0 Å². The third-order valence-electron chi connectivity index (χ3n) is 1.34. The molecule has 0 fully saturated rings. The summed E-state index contributed by atoms with van der Waals surface area (Å²) in [7, 11) is 0. The van der Waals surface area contributed by atoms with Crippen LogP contribution in [0.1, 0.15) is 0 Å². The van der Waals surface area contributed by atoms with Gasteiger partial charge in [-0.15, -0.1) is 0 Å². The number of nitrogens with zero attached hydrogens (tertiary/aromatic N) is 2. The SMILES string of the molecule is Brc1nc(-c2nc(Br)sc2Br)c(Br)s1. The zero-order chi connectivity index (χ0) is 10.3. The third-order valence-corrected chi connectivity index (χ3v) is 5.66. The first-order valence-electron chi connectivity index (χ1n) is 3.22. The van der Waals surface area contributed by atoms with Gasteiger partial charge >= 0.3 is 0 Å². The van der Waals surface area contributed by atoms with E-state index in [-0.39, 0.29) is 0 Å². The van der Waals surface area contributed by atoms with E-state index in [1.807, 2.05) is 0 Å². The maximum atomic E-state index is 4.34. The second kappa shape index (κ2) is 4.58. The van der Waals surface area contributed by atoms with E-state index in [4.69, 9.17) is 0 Å². The van der Waals surface area contributed by atoms with Crippen molar-refractivity contribution in [1.82, 2.24) is 9.97 Å². The Morgan fingerprint density at radius 2 is 1.07 bits per heavy atom. The lowest BCUT2D eigenvalue weighted by Gasteiger charge is -1.91. The van der Waals surface area contributed by atoms with E-state index in [2.05, 4.69) is 73.7 Å². The summed E-state index contributed by atoms with van der Waals surface area (Å²) in [6.07, 6.45) is 0. The Morgan fingerprint density at radius 3 is 1.29 bits per heavy atom. The van der Waals surface area contributed by atoms with Gasteiger partial charge in [0.25, 0.3) is 0 Å². The first-order chi connectivity index (χ1) is 6.58. The molecule has 0 N–H and O–H groups in total. The second-order valence-electron chi connectivity index (χ2n) is 2.18. The van der Waals surface area contributed by atoms with Crippen LogP contribution in [0.2, 0.25) is 0 Å². The monoisotopic (exact) mass is 480 g/mol. The molecule has 2 heterocycles. The Bertz CT molecular complexity index is 434. The van der Waals surface area contributed by atoms with Crippen LogP contribution in [-0.4, -0.2) is 9.97 Å². The third kappa shape index (κ3) is 2.30. The molecule has 2 aromatic heterocycles. The van der Waals surface area contributed by atoms with Gasteiger partial charge in [-0.2, -0.15) is 0 Å². The van der Waals surface area contributed by atoms with Gasteiger partial charge in [0.15, 0.2) is 7.83 Å². The van der Waals surface area contributed by atoms with Crippen molar-refractivity contribution in [2.24, 2.45) is 0 Å². The van der Waals surface area contributed by atoms with Crippen LogP contribution in [0.5, 0.6) is 0 Å². The number of rotatable bonds is 1. The zero-order valence-electron chi connectivity index (χ0n) is 6.22. The fraction of sp³-hybridized carbons (Fsp3) is 0. The average Bonchev–Trinajstić information content (AvgIpc) is 2.55. The van der Waals surface area contributed by atoms with Crippen LogP contribution in [-0.2, 0) is 0 Å². The lowest BCUT2D eigenvalue weighted by atomic mass is 10.4. The molecule has 14 heavy (non-hydrogen) atoms. The van der Waals surface area contributed by atoms with E-state index in [0.29, 0.717) is 0 Å². The lowest BCUT2D eigenvalue weighted by Crippen LogP contribution is -1.79. The quantitative estimate of drug-likeness (QED) is 0.549. The molecule has 0 spiro atoms. The van der Waals surface area contributed by atoms with E-state index >= 15 is 0 Å². The fourth-order valence-electron chi connectivity index (χ4n) is 0.846. The Labute approximate surface area is 122 Å². The maximum absolute atomic E-state index is 4.34. The van der Waals surface area contributed by atoms with Gasteiger partial charge in [0.2, 0.25) is 0 Å². The number of halogens is 4.